The summed E-state index contributed by atoms with van der Waals surface area (Å²) in [6.07, 6.45) is 0. The Morgan fingerprint density at radius 3 is 2.77 bits per heavy atom. The number of aromatic nitrogens is 1. The van der Waals surface area contributed by atoms with Crippen LogP contribution in [0.1, 0.15) is 29.8 Å². The van der Waals surface area contributed by atoms with Crippen LogP contribution in [0.15, 0.2) is 38.1 Å². The maximum atomic E-state index is 5.56. The van der Waals surface area contributed by atoms with E-state index in [9.17, 15) is 0 Å². The fraction of sp³-hybridized carbons (Fsp3) is 0.375. The molecule has 0 saturated carbocycles. The van der Waals surface area contributed by atoms with Crippen LogP contribution in [-0.2, 0) is 13.1 Å². The first-order valence-corrected chi connectivity index (χ1v) is 8.07. The summed E-state index contributed by atoms with van der Waals surface area (Å²) in [6.45, 7) is 7.81. The standard InChI is InChI=1S/C16H21BrN4O/c1-4-18-16(19-9-13-6-5-7-14(17)8-13)20-10-15-21-11(2)12(3)22-15/h5-8H,4,9-10H2,1-3H3,(H2,18,19,20). The fourth-order valence-corrected chi connectivity index (χ4v) is 2.37. The van der Waals surface area contributed by atoms with Crippen molar-refractivity contribution in [1.29, 1.82) is 0 Å². The van der Waals surface area contributed by atoms with Crippen LogP contribution in [0, 0.1) is 13.8 Å². The van der Waals surface area contributed by atoms with E-state index in [0.29, 0.717) is 19.0 Å². The molecule has 0 saturated heterocycles. The van der Waals surface area contributed by atoms with E-state index in [4.69, 9.17) is 4.42 Å². The molecule has 1 aromatic heterocycles. The topological polar surface area (TPSA) is 62.5 Å². The highest BCUT2D eigenvalue weighted by atomic mass is 79.9. The van der Waals surface area contributed by atoms with Gasteiger partial charge in [0.25, 0.3) is 0 Å². The number of halogens is 1. The van der Waals surface area contributed by atoms with Gasteiger partial charge in [-0.15, -0.1) is 0 Å². The van der Waals surface area contributed by atoms with Crippen molar-refractivity contribution in [2.75, 3.05) is 6.54 Å². The van der Waals surface area contributed by atoms with Crippen molar-refractivity contribution in [2.24, 2.45) is 4.99 Å². The number of guanidine groups is 1. The van der Waals surface area contributed by atoms with E-state index in [1.54, 1.807) is 0 Å². The van der Waals surface area contributed by atoms with E-state index in [2.05, 4.69) is 48.7 Å². The third-order valence-electron chi connectivity index (χ3n) is 3.13. The maximum absolute atomic E-state index is 5.56. The van der Waals surface area contributed by atoms with Gasteiger partial charge >= 0.3 is 0 Å². The highest BCUT2D eigenvalue weighted by Crippen LogP contribution is 2.12. The summed E-state index contributed by atoms with van der Waals surface area (Å²) in [5, 5.41) is 6.45. The van der Waals surface area contributed by atoms with Crippen molar-refractivity contribution in [3.05, 3.63) is 51.6 Å². The second-order valence-corrected chi connectivity index (χ2v) is 5.84. The normalized spacial score (nSPS) is 11.5. The lowest BCUT2D eigenvalue weighted by Gasteiger charge is -2.09. The lowest BCUT2D eigenvalue weighted by molar-refractivity contribution is 0.463. The Kier molecular flexibility index (Phi) is 6.00. The number of nitrogens with zero attached hydrogens (tertiary/aromatic N) is 2. The zero-order chi connectivity index (χ0) is 15.9. The number of hydrogen-bond acceptors (Lipinski definition) is 3. The number of aliphatic imine (C=N–C) groups is 1. The fourth-order valence-electron chi connectivity index (χ4n) is 1.92. The van der Waals surface area contributed by atoms with Crippen LogP contribution in [-0.4, -0.2) is 17.5 Å². The average Bonchev–Trinajstić information content (AvgIpc) is 2.81. The van der Waals surface area contributed by atoms with E-state index in [1.807, 2.05) is 32.9 Å². The van der Waals surface area contributed by atoms with Crippen LogP contribution in [0.2, 0.25) is 0 Å². The van der Waals surface area contributed by atoms with Gasteiger partial charge in [0, 0.05) is 11.0 Å². The van der Waals surface area contributed by atoms with Gasteiger partial charge in [-0.2, -0.15) is 0 Å². The highest BCUT2D eigenvalue weighted by Gasteiger charge is 2.06. The van der Waals surface area contributed by atoms with Gasteiger partial charge in [-0.1, -0.05) is 28.1 Å². The molecule has 0 radical (unpaired) electrons. The highest BCUT2D eigenvalue weighted by molar-refractivity contribution is 9.10. The second-order valence-electron chi connectivity index (χ2n) is 4.93. The summed E-state index contributed by atoms with van der Waals surface area (Å²) in [6, 6.07) is 8.13. The lowest BCUT2D eigenvalue weighted by atomic mass is 10.2. The summed E-state index contributed by atoms with van der Waals surface area (Å²) in [4.78, 5) is 8.93. The Bertz CT molecular complexity index is 632. The van der Waals surface area contributed by atoms with E-state index in [1.165, 1.54) is 0 Å². The van der Waals surface area contributed by atoms with Crippen molar-refractivity contribution in [1.82, 2.24) is 15.6 Å². The molecule has 5 nitrogen and oxygen atoms in total. The van der Waals surface area contributed by atoms with Gasteiger partial charge in [-0.25, -0.2) is 9.98 Å². The molecule has 1 heterocycles. The number of oxazole rings is 1. The molecule has 2 rings (SSSR count). The lowest BCUT2D eigenvalue weighted by Crippen LogP contribution is -2.36. The van der Waals surface area contributed by atoms with Crippen LogP contribution in [0.3, 0.4) is 0 Å². The molecule has 0 fully saturated rings. The molecule has 0 bridgehead atoms. The van der Waals surface area contributed by atoms with Gasteiger partial charge in [0.2, 0.25) is 5.89 Å². The third-order valence-corrected chi connectivity index (χ3v) is 3.63. The molecule has 0 aliphatic rings. The summed E-state index contributed by atoms with van der Waals surface area (Å²) in [5.41, 5.74) is 2.07. The summed E-state index contributed by atoms with van der Waals surface area (Å²) in [7, 11) is 0. The minimum Gasteiger partial charge on any atom is -0.444 e. The predicted octanol–water partition coefficient (Wildman–Crippen LogP) is 3.31. The molecule has 0 unspecified atom stereocenters. The van der Waals surface area contributed by atoms with Gasteiger partial charge in [-0.3, -0.25) is 0 Å². The first kappa shape index (κ1) is 16.5. The summed E-state index contributed by atoms with van der Waals surface area (Å²) >= 11 is 3.47. The largest absolute Gasteiger partial charge is 0.444 e. The Morgan fingerprint density at radius 1 is 1.32 bits per heavy atom. The van der Waals surface area contributed by atoms with Gasteiger partial charge in [0.1, 0.15) is 5.76 Å². The quantitative estimate of drug-likeness (QED) is 0.630. The monoisotopic (exact) mass is 364 g/mol. The average molecular weight is 365 g/mol. The molecular weight excluding hydrogens is 344 g/mol. The van der Waals surface area contributed by atoms with Crippen LogP contribution in [0.25, 0.3) is 0 Å². The minimum atomic E-state index is 0.513. The van der Waals surface area contributed by atoms with Crippen molar-refractivity contribution in [3.8, 4) is 0 Å². The molecule has 0 aliphatic heterocycles. The number of nitrogens with one attached hydrogen (secondary N) is 2. The van der Waals surface area contributed by atoms with E-state index >= 15 is 0 Å². The summed E-state index contributed by atoms with van der Waals surface area (Å²) in [5.74, 6) is 2.27. The smallest absolute Gasteiger partial charge is 0.214 e. The number of benzene rings is 1. The van der Waals surface area contributed by atoms with Gasteiger partial charge in [0.05, 0.1) is 18.8 Å². The van der Waals surface area contributed by atoms with Crippen molar-refractivity contribution in [3.63, 3.8) is 0 Å². The molecule has 2 aromatic rings. The van der Waals surface area contributed by atoms with Crippen molar-refractivity contribution < 1.29 is 4.42 Å². The number of hydrogen-bond donors (Lipinski definition) is 2. The second kappa shape index (κ2) is 7.98. The predicted molar refractivity (Wildman–Crippen MR) is 91.8 cm³/mol. The van der Waals surface area contributed by atoms with Crippen LogP contribution >= 0.6 is 15.9 Å². The molecule has 0 amide bonds. The molecule has 1 aromatic carbocycles. The molecule has 22 heavy (non-hydrogen) atoms. The number of aryl methyl sites for hydroxylation is 2. The van der Waals surface area contributed by atoms with E-state index in [-0.39, 0.29) is 0 Å². The Labute approximate surface area is 139 Å². The van der Waals surface area contributed by atoms with Crippen LogP contribution in [0.5, 0.6) is 0 Å². The zero-order valence-corrected chi connectivity index (χ0v) is 14.7. The van der Waals surface area contributed by atoms with Crippen LogP contribution < -0.4 is 10.6 Å². The Hall–Kier alpha value is -1.82. The zero-order valence-electron chi connectivity index (χ0n) is 13.1. The van der Waals surface area contributed by atoms with Gasteiger partial charge < -0.3 is 15.1 Å². The SMILES string of the molecule is CCNC(=NCc1cccc(Br)c1)NCc1nc(C)c(C)o1. The Balaban J connectivity index is 1.97. The first-order valence-electron chi connectivity index (χ1n) is 7.28. The third kappa shape index (κ3) is 4.87. The Morgan fingerprint density at radius 2 is 2.14 bits per heavy atom. The molecule has 118 valence electrons. The maximum Gasteiger partial charge on any atom is 0.214 e. The van der Waals surface area contributed by atoms with Gasteiger partial charge in [-0.05, 0) is 38.5 Å². The molecule has 0 aliphatic carbocycles. The van der Waals surface area contributed by atoms with E-state index in [0.717, 1.165) is 34.0 Å². The molecule has 0 atom stereocenters. The molecule has 6 heteroatoms. The molecule has 2 N–H and O–H groups in total. The first-order chi connectivity index (χ1) is 10.6. The number of rotatable bonds is 5. The molecule has 0 spiro atoms. The van der Waals surface area contributed by atoms with Crippen LogP contribution in [0.4, 0.5) is 0 Å². The van der Waals surface area contributed by atoms with Gasteiger partial charge in [0.15, 0.2) is 5.96 Å². The minimum absolute atomic E-state index is 0.513. The van der Waals surface area contributed by atoms with Crippen molar-refractivity contribution in [2.45, 2.75) is 33.9 Å². The summed E-state index contributed by atoms with van der Waals surface area (Å²) < 4.78 is 6.62. The van der Waals surface area contributed by atoms with E-state index < -0.39 is 0 Å². The molecular formula is C16H21BrN4O. The van der Waals surface area contributed by atoms with Crippen molar-refractivity contribution >= 4 is 21.9 Å².